The van der Waals surface area contributed by atoms with Crippen molar-refractivity contribution < 1.29 is 9.90 Å². The summed E-state index contributed by atoms with van der Waals surface area (Å²) in [7, 11) is 0. The first-order chi connectivity index (χ1) is 11.2. The van der Waals surface area contributed by atoms with Crippen LogP contribution in [0.15, 0.2) is 0 Å². The fraction of sp³-hybridized carbons (Fsp3) is 0.905. The molecule has 0 bridgehead atoms. The van der Waals surface area contributed by atoms with E-state index in [1.54, 1.807) is 0 Å². The van der Waals surface area contributed by atoms with Gasteiger partial charge in [-0.2, -0.15) is 0 Å². The summed E-state index contributed by atoms with van der Waals surface area (Å²) in [6, 6.07) is 0. The van der Waals surface area contributed by atoms with E-state index in [1.807, 2.05) is 0 Å². The normalized spacial score (nSPS) is 12.5. The summed E-state index contributed by atoms with van der Waals surface area (Å²) >= 11 is 0. The lowest BCUT2D eigenvalue weighted by Crippen LogP contribution is -2.13. The predicted molar refractivity (Wildman–Crippen MR) is 101 cm³/mol. The maximum atomic E-state index is 11.6. The van der Waals surface area contributed by atoms with E-state index in [-0.39, 0.29) is 5.78 Å². The van der Waals surface area contributed by atoms with Gasteiger partial charge < -0.3 is 5.11 Å². The molecule has 0 amide bonds. The molecule has 0 aliphatic heterocycles. The van der Waals surface area contributed by atoms with Crippen molar-refractivity contribution in [1.82, 2.24) is 0 Å². The van der Waals surface area contributed by atoms with Gasteiger partial charge in [0, 0.05) is 12.8 Å². The van der Waals surface area contributed by atoms with Crippen LogP contribution in [0.2, 0.25) is 0 Å². The van der Waals surface area contributed by atoms with E-state index in [4.69, 9.17) is 0 Å². The predicted octanol–water partition coefficient (Wildman–Crippen LogP) is 6.40. The van der Waals surface area contributed by atoms with Crippen LogP contribution >= 0.6 is 0 Å². The monoisotopic (exact) mass is 325 g/mol. The average molecular weight is 326 g/mol. The molecular weight excluding hydrogens is 284 g/mol. The second kappa shape index (κ2) is 18.0. The van der Waals surface area contributed by atoms with Crippen LogP contribution in [0.3, 0.4) is 0 Å². The Morgan fingerprint density at radius 3 is 1.87 bits per heavy atom. The molecule has 0 saturated carbocycles. The van der Waals surface area contributed by atoms with Crippen molar-refractivity contribution in [2.75, 3.05) is 0 Å². The number of aliphatic hydroxyl groups excluding tert-OH is 1. The van der Waals surface area contributed by atoms with Crippen molar-refractivity contribution in [2.45, 2.75) is 122 Å². The summed E-state index contributed by atoms with van der Waals surface area (Å²) in [5.74, 6) is 0.217. The summed E-state index contributed by atoms with van der Waals surface area (Å²) in [4.78, 5) is 11.6. The first-order valence-electron chi connectivity index (χ1n) is 10.2. The molecule has 2 nitrogen and oxygen atoms in total. The number of unbranched alkanes of at least 4 members (excludes halogenated alkanes) is 12. The summed E-state index contributed by atoms with van der Waals surface area (Å²) in [6.45, 7) is 6.04. The Morgan fingerprint density at radius 1 is 0.826 bits per heavy atom. The average Bonchev–Trinajstić information content (AvgIpc) is 2.52. The smallest absolute Gasteiger partial charge is 0.135 e. The molecule has 0 rings (SSSR count). The minimum Gasteiger partial charge on any atom is -0.393 e. The highest BCUT2D eigenvalue weighted by Crippen LogP contribution is 2.14. The maximum absolute atomic E-state index is 11.6. The van der Waals surface area contributed by atoms with Crippen molar-refractivity contribution in [3.8, 4) is 0 Å². The molecule has 23 heavy (non-hydrogen) atoms. The van der Waals surface area contributed by atoms with Crippen LogP contribution < -0.4 is 0 Å². The van der Waals surface area contributed by atoms with Gasteiger partial charge in [-0.3, -0.25) is 4.79 Å². The lowest BCUT2D eigenvalue weighted by molar-refractivity contribution is -0.121. The maximum Gasteiger partial charge on any atom is 0.135 e. The fourth-order valence-corrected chi connectivity index (χ4v) is 3.01. The minimum atomic E-state index is -0.416. The van der Waals surface area contributed by atoms with Gasteiger partial charge >= 0.3 is 0 Å². The highest BCUT2D eigenvalue weighted by Gasteiger charge is 2.10. The largest absolute Gasteiger partial charge is 0.393 e. The number of Topliss-reactive ketones (excluding diaryl/α,β-unsaturated/α-hetero) is 1. The summed E-state index contributed by atoms with van der Waals surface area (Å²) in [5.41, 5.74) is 0. The molecule has 0 aromatic carbocycles. The van der Waals surface area contributed by atoms with Gasteiger partial charge in [-0.05, 0) is 12.8 Å². The van der Waals surface area contributed by atoms with Gasteiger partial charge in [-0.25, -0.2) is 0 Å². The molecule has 1 atom stereocenters. The zero-order valence-electron chi connectivity index (χ0n) is 15.7. The first kappa shape index (κ1) is 22.6. The topological polar surface area (TPSA) is 37.3 Å². The summed E-state index contributed by atoms with van der Waals surface area (Å²) in [5, 5.41) is 9.89. The third kappa shape index (κ3) is 17.8. The van der Waals surface area contributed by atoms with Crippen molar-refractivity contribution in [3.05, 3.63) is 6.92 Å². The standard InChI is InChI=1S/C21H41O2/c1-3-5-7-8-9-10-11-12-13-14-16-18-21(23)19-20(22)17-15-6-4-2/h21,23H,2-19H2,1H3. The number of rotatable bonds is 18. The molecular formula is C21H41O2. The van der Waals surface area contributed by atoms with Crippen molar-refractivity contribution in [1.29, 1.82) is 0 Å². The second-order valence-corrected chi connectivity index (χ2v) is 7.03. The van der Waals surface area contributed by atoms with Crippen molar-refractivity contribution >= 4 is 5.78 Å². The molecule has 0 aliphatic rings. The Bertz CT molecular complexity index is 250. The number of carbonyl (C=O) groups excluding carboxylic acids is 1. The van der Waals surface area contributed by atoms with Crippen LogP contribution in [0.25, 0.3) is 0 Å². The lowest BCUT2D eigenvalue weighted by atomic mass is 10.0. The van der Waals surface area contributed by atoms with E-state index >= 15 is 0 Å². The van der Waals surface area contributed by atoms with Crippen LogP contribution in [0.4, 0.5) is 0 Å². The van der Waals surface area contributed by atoms with Crippen LogP contribution in [-0.2, 0) is 4.79 Å². The van der Waals surface area contributed by atoms with Crippen LogP contribution in [0.1, 0.15) is 116 Å². The van der Waals surface area contributed by atoms with Gasteiger partial charge in [0.1, 0.15) is 5.78 Å². The van der Waals surface area contributed by atoms with E-state index in [2.05, 4.69) is 13.8 Å². The Labute approximate surface area is 145 Å². The number of ketones is 1. The highest BCUT2D eigenvalue weighted by atomic mass is 16.3. The minimum absolute atomic E-state index is 0.217. The van der Waals surface area contributed by atoms with Gasteiger partial charge in [0.05, 0.1) is 6.10 Å². The van der Waals surface area contributed by atoms with Gasteiger partial charge in [0.25, 0.3) is 0 Å². The van der Waals surface area contributed by atoms with E-state index < -0.39 is 6.10 Å². The molecule has 0 aromatic heterocycles. The molecule has 0 saturated heterocycles. The molecule has 0 spiro atoms. The fourth-order valence-electron chi connectivity index (χ4n) is 3.01. The number of hydrogen-bond donors (Lipinski definition) is 1. The lowest BCUT2D eigenvalue weighted by Gasteiger charge is -2.09. The number of hydrogen-bond acceptors (Lipinski definition) is 2. The Morgan fingerprint density at radius 2 is 1.35 bits per heavy atom. The molecule has 137 valence electrons. The molecule has 1 N–H and O–H groups in total. The summed E-state index contributed by atoms with van der Waals surface area (Å²) in [6.07, 6.45) is 18.7. The van der Waals surface area contributed by atoms with E-state index in [0.717, 1.165) is 32.1 Å². The van der Waals surface area contributed by atoms with E-state index in [1.165, 1.54) is 64.2 Å². The van der Waals surface area contributed by atoms with Crippen molar-refractivity contribution in [3.63, 3.8) is 0 Å². The van der Waals surface area contributed by atoms with Gasteiger partial charge in [-0.15, -0.1) is 0 Å². The molecule has 1 unspecified atom stereocenters. The zero-order chi connectivity index (χ0) is 17.2. The first-order valence-corrected chi connectivity index (χ1v) is 10.2. The molecule has 0 fully saturated rings. The third-order valence-electron chi connectivity index (χ3n) is 4.56. The van der Waals surface area contributed by atoms with Crippen LogP contribution in [0, 0.1) is 6.92 Å². The number of carbonyl (C=O) groups is 1. The van der Waals surface area contributed by atoms with Crippen LogP contribution in [-0.4, -0.2) is 17.0 Å². The molecule has 0 heterocycles. The molecule has 0 aliphatic carbocycles. The number of aliphatic hydroxyl groups is 1. The highest BCUT2D eigenvalue weighted by molar-refractivity contribution is 5.78. The second-order valence-electron chi connectivity index (χ2n) is 7.03. The Hall–Kier alpha value is -0.370. The third-order valence-corrected chi connectivity index (χ3v) is 4.56. The van der Waals surface area contributed by atoms with E-state index in [9.17, 15) is 9.90 Å². The molecule has 0 aromatic rings. The Balaban J connectivity index is 3.25. The van der Waals surface area contributed by atoms with Gasteiger partial charge in [0.15, 0.2) is 0 Å². The van der Waals surface area contributed by atoms with Gasteiger partial charge in [-0.1, -0.05) is 97.3 Å². The summed E-state index contributed by atoms with van der Waals surface area (Å²) < 4.78 is 0. The van der Waals surface area contributed by atoms with Crippen LogP contribution in [0.5, 0.6) is 0 Å². The zero-order valence-corrected chi connectivity index (χ0v) is 15.7. The SMILES string of the molecule is [CH2]CCCCC(=O)CC(O)CCCCCCCCCCCCC. The Kier molecular flexibility index (Phi) is 17.7. The van der Waals surface area contributed by atoms with E-state index in [0.29, 0.717) is 12.8 Å². The quantitative estimate of drug-likeness (QED) is 0.296. The van der Waals surface area contributed by atoms with Gasteiger partial charge in [0.2, 0.25) is 0 Å². The van der Waals surface area contributed by atoms with Crippen molar-refractivity contribution in [2.24, 2.45) is 0 Å². The molecule has 1 radical (unpaired) electrons. The molecule has 2 heteroatoms.